The molecule has 6 N–H and O–H groups in total. The van der Waals surface area contributed by atoms with Crippen molar-refractivity contribution in [1.29, 1.82) is 0 Å². The van der Waals surface area contributed by atoms with E-state index in [1.165, 1.54) is 36.7 Å². The van der Waals surface area contributed by atoms with E-state index in [1.807, 2.05) is 0 Å². The first-order chi connectivity index (χ1) is 18.8. The van der Waals surface area contributed by atoms with Crippen molar-refractivity contribution in [2.75, 3.05) is 81.0 Å². The van der Waals surface area contributed by atoms with E-state index in [-0.39, 0.29) is 18.4 Å². The second-order valence-electron chi connectivity index (χ2n) is 10.7. The molecule has 3 aliphatic heterocycles. The Balaban J connectivity index is 0.00000370. The minimum absolute atomic E-state index is 0. The van der Waals surface area contributed by atoms with E-state index in [0.29, 0.717) is 23.7 Å². The number of likely N-dealkylation sites (tertiary alicyclic amines) is 1. The Bertz CT molecular complexity index is 1120. The Morgan fingerprint density at radius 3 is 2.30 bits per heavy atom. The largest absolute Gasteiger partial charge is 0.416 e. The fourth-order valence-electron chi connectivity index (χ4n) is 5.73. The Morgan fingerprint density at radius 1 is 0.950 bits per heavy atom. The van der Waals surface area contributed by atoms with Gasteiger partial charge in [-0.3, -0.25) is 4.90 Å². The molecular formula is C28H41ClF3N7S. The van der Waals surface area contributed by atoms with Crippen LogP contribution in [-0.4, -0.2) is 81.3 Å². The number of anilines is 4. The van der Waals surface area contributed by atoms with E-state index < -0.39 is 11.7 Å². The van der Waals surface area contributed by atoms with Crippen LogP contribution >= 0.6 is 24.2 Å². The Morgan fingerprint density at radius 2 is 1.65 bits per heavy atom. The molecule has 0 aliphatic carbocycles. The van der Waals surface area contributed by atoms with E-state index >= 15 is 0 Å². The van der Waals surface area contributed by atoms with Crippen LogP contribution in [0.2, 0.25) is 0 Å². The number of nitrogens with two attached hydrogens (primary N) is 2. The predicted octanol–water partition coefficient (Wildman–Crippen LogP) is 5.03. The number of fused-ring (bicyclic) bond motifs is 2. The summed E-state index contributed by atoms with van der Waals surface area (Å²) >= 11 is 1.42. The normalized spacial score (nSPS) is 17.8. The third kappa shape index (κ3) is 7.49. The number of piperidine rings is 1. The molecule has 0 unspecified atom stereocenters. The molecule has 2 fully saturated rings. The van der Waals surface area contributed by atoms with Crippen LogP contribution in [0.3, 0.4) is 0 Å². The number of hydrogen-bond acceptors (Lipinski definition) is 8. The number of rotatable bonds is 10. The van der Waals surface area contributed by atoms with Crippen molar-refractivity contribution < 1.29 is 13.2 Å². The number of nitrogens with zero attached hydrogens (tertiary/aromatic N) is 3. The minimum atomic E-state index is -4.41. The van der Waals surface area contributed by atoms with Crippen molar-refractivity contribution in [1.82, 2.24) is 9.80 Å². The van der Waals surface area contributed by atoms with Crippen LogP contribution in [0.15, 0.2) is 40.1 Å². The van der Waals surface area contributed by atoms with Gasteiger partial charge in [-0.1, -0.05) is 11.8 Å². The molecule has 0 atom stereocenters. The Kier molecular flexibility index (Phi) is 10.8. The molecule has 0 amide bonds. The van der Waals surface area contributed by atoms with Crippen molar-refractivity contribution in [2.45, 2.75) is 47.7 Å². The fraction of sp³-hybridized carbons (Fsp3) is 0.571. The topological polar surface area (TPSA) is 85.8 Å². The van der Waals surface area contributed by atoms with Gasteiger partial charge >= 0.3 is 6.18 Å². The standard InChI is InChI=1S/C28H40F3N7S.ClH/c29-28(30,31)20-17-24(34-21-5-11-36(12-6-21)15-16-37(13-7-32)14-8-33)27-26(18-20)39-25-19-22(3-4-23(25)35-27)38-9-1-2-10-38;/h3-4,17-19,21,34-35H,1-2,5-16,32-33H2;1H. The smallest absolute Gasteiger partial charge is 0.380 e. The fourth-order valence-corrected chi connectivity index (χ4v) is 6.83. The number of nitrogens with one attached hydrogen (secondary N) is 2. The molecule has 0 aromatic heterocycles. The highest BCUT2D eigenvalue weighted by Crippen LogP contribution is 2.50. The third-order valence-corrected chi connectivity index (χ3v) is 9.02. The lowest BCUT2D eigenvalue weighted by Crippen LogP contribution is -2.44. The molecule has 5 rings (SSSR count). The number of alkyl halides is 3. The molecule has 2 aromatic carbocycles. The van der Waals surface area contributed by atoms with Crippen LogP contribution in [-0.2, 0) is 6.18 Å². The Labute approximate surface area is 245 Å². The zero-order valence-corrected chi connectivity index (χ0v) is 24.4. The van der Waals surface area contributed by atoms with Crippen LogP contribution in [0.5, 0.6) is 0 Å². The van der Waals surface area contributed by atoms with Crippen LogP contribution in [0.4, 0.5) is 35.9 Å². The predicted molar refractivity (Wildman–Crippen MR) is 162 cm³/mol. The molecule has 40 heavy (non-hydrogen) atoms. The summed E-state index contributed by atoms with van der Waals surface area (Å²) in [6.45, 7) is 8.63. The summed E-state index contributed by atoms with van der Waals surface area (Å²) in [6, 6.07) is 8.92. The van der Waals surface area contributed by atoms with Crippen LogP contribution in [0.25, 0.3) is 0 Å². The molecule has 0 saturated carbocycles. The van der Waals surface area contributed by atoms with Crippen molar-refractivity contribution in [3.05, 3.63) is 35.9 Å². The van der Waals surface area contributed by atoms with Crippen molar-refractivity contribution in [2.24, 2.45) is 11.5 Å². The molecule has 3 aliphatic rings. The molecule has 2 aromatic rings. The van der Waals surface area contributed by atoms with E-state index in [0.717, 1.165) is 87.2 Å². The maximum atomic E-state index is 13.9. The van der Waals surface area contributed by atoms with Gasteiger partial charge in [-0.05, 0) is 56.0 Å². The molecule has 3 heterocycles. The minimum Gasteiger partial charge on any atom is -0.380 e. The van der Waals surface area contributed by atoms with Crippen LogP contribution in [0, 0.1) is 0 Å². The molecular weight excluding hydrogens is 559 g/mol. The summed E-state index contributed by atoms with van der Waals surface area (Å²) < 4.78 is 41.7. The molecule has 0 bridgehead atoms. The first-order valence-electron chi connectivity index (χ1n) is 14.0. The zero-order valence-electron chi connectivity index (χ0n) is 22.8. The highest BCUT2D eigenvalue weighted by Gasteiger charge is 2.34. The first kappa shape index (κ1) is 31.1. The molecule has 0 radical (unpaired) electrons. The van der Waals surface area contributed by atoms with E-state index in [2.05, 4.69) is 43.5 Å². The second kappa shape index (κ2) is 13.8. The summed E-state index contributed by atoms with van der Waals surface area (Å²) in [5.41, 5.74) is 14.2. The molecule has 2 saturated heterocycles. The molecule has 222 valence electrons. The lowest BCUT2D eigenvalue weighted by Gasteiger charge is -2.35. The van der Waals surface area contributed by atoms with E-state index in [4.69, 9.17) is 11.5 Å². The molecule has 12 heteroatoms. The van der Waals surface area contributed by atoms with Gasteiger partial charge in [-0.2, -0.15) is 13.2 Å². The average Bonchev–Trinajstić information content (AvgIpc) is 3.46. The van der Waals surface area contributed by atoms with Crippen molar-refractivity contribution in [3.63, 3.8) is 0 Å². The van der Waals surface area contributed by atoms with Gasteiger partial charge in [0.25, 0.3) is 0 Å². The highest BCUT2D eigenvalue weighted by atomic mass is 35.5. The van der Waals surface area contributed by atoms with Gasteiger partial charge in [0.2, 0.25) is 0 Å². The quantitative estimate of drug-likeness (QED) is 0.258. The number of halogens is 4. The average molecular weight is 600 g/mol. The van der Waals surface area contributed by atoms with Gasteiger partial charge in [0.15, 0.2) is 0 Å². The summed E-state index contributed by atoms with van der Waals surface area (Å²) in [5, 5.41) is 6.94. The van der Waals surface area contributed by atoms with E-state index in [9.17, 15) is 13.2 Å². The SMILES string of the molecule is Cl.NCCN(CCN)CCN1CCC(Nc2cc(C(F)(F)F)cc3c2Nc2ccc(N4CCCC4)cc2S3)CC1. The maximum absolute atomic E-state index is 13.9. The van der Waals surface area contributed by atoms with Gasteiger partial charge in [-0.15, -0.1) is 12.4 Å². The van der Waals surface area contributed by atoms with Crippen LogP contribution < -0.4 is 27.0 Å². The third-order valence-electron chi connectivity index (χ3n) is 7.92. The maximum Gasteiger partial charge on any atom is 0.416 e. The highest BCUT2D eigenvalue weighted by molar-refractivity contribution is 7.99. The summed E-state index contributed by atoms with van der Waals surface area (Å²) in [4.78, 5) is 8.62. The van der Waals surface area contributed by atoms with E-state index in [1.54, 1.807) is 0 Å². The monoisotopic (exact) mass is 599 g/mol. The van der Waals surface area contributed by atoms with Gasteiger partial charge in [0.05, 0.1) is 22.6 Å². The Hall–Kier alpha value is -1.89. The zero-order chi connectivity index (χ0) is 27.4. The number of benzene rings is 2. The first-order valence-corrected chi connectivity index (χ1v) is 14.9. The summed E-state index contributed by atoms with van der Waals surface area (Å²) in [5.74, 6) is 0. The number of hydrogen-bond donors (Lipinski definition) is 4. The lowest BCUT2D eigenvalue weighted by molar-refractivity contribution is -0.137. The second-order valence-corrected chi connectivity index (χ2v) is 11.8. The van der Waals surface area contributed by atoms with Crippen LogP contribution in [0.1, 0.15) is 31.2 Å². The summed E-state index contributed by atoms with van der Waals surface area (Å²) in [6.07, 6.45) is -0.306. The molecule has 0 spiro atoms. The van der Waals surface area contributed by atoms with Gasteiger partial charge in [0.1, 0.15) is 0 Å². The lowest BCUT2D eigenvalue weighted by atomic mass is 10.0. The van der Waals surface area contributed by atoms with Gasteiger partial charge < -0.3 is 31.9 Å². The molecule has 7 nitrogen and oxygen atoms in total. The van der Waals surface area contributed by atoms with Crippen molar-refractivity contribution in [3.8, 4) is 0 Å². The summed E-state index contributed by atoms with van der Waals surface area (Å²) in [7, 11) is 0. The van der Waals surface area contributed by atoms with Gasteiger partial charge in [-0.25, -0.2) is 0 Å². The van der Waals surface area contributed by atoms with Gasteiger partial charge in [0, 0.05) is 87.0 Å². The van der Waals surface area contributed by atoms with Crippen molar-refractivity contribution >= 4 is 46.9 Å².